The summed E-state index contributed by atoms with van der Waals surface area (Å²) in [6, 6.07) is 0. The van der Waals surface area contributed by atoms with Crippen molar-refractivity contribution in [1.82, 2.24) is 4.98 Å². The molecule has 3 heteroatoms. The Labute approximate surface area is 85.5 Å². The van der Waals surface area contributed by atoms with Crippen LogP contribution in [0.4, 0.5) is 5.69 Å². The lowest BCUT2D eigenvalue weighted by Crippen LogP contribution is -2.02. The highest BCUT2D eigenvalue weighted by Crippen LogP contribution is 2.26. The molecule has 0 aliphatic heterocycles. The normalized spacial score (nSPS) is 9.93. The van der Waals surface area contributed by atoms with E-state index < -0.39 is 0 Å². The van der Waals surface area contributed by atoms with Crippen molar-refractivity contribution in [1.29, 1.82) is 0 Å². The summed E-state index contributed by atoms with van der Waals surface area (Å²) in [6.45, 7) is 4.93. The second kappa shape index (κ2) is 5.47. The minimum absolute atomic E-state index is 0.760. The maximum atomic E-state index is 5.62. The number of anilines is 1. The first-order chi connectivity index (χ1) is 6.79. The van der Waals surface area contributed by atoms with Gasteiger partial charge < -0.3 is 10.1 Å². The van der Waals surface area contributed by atoms with E-state index in [9.17, 15) is 0 Å². The van der Waals surface area contributed by atoms with Crippen molar-refractivity contribution < 1.29 is 4.74 Å². The number of hydrogen-bond acceptors (Lipinski definition) is 3. The van der Waals surface area contributed by atoms with Crippen LogP contribution in [0, 0.1) is 6.92 Å². The van der Waals surface area contributed by atoms with Crippen LogP contribution in [0.1, 0.15) is 25.3 Å². The first-order valence-corrected chi connectivity index (χ1v) is 5.04. The van der Waals surface area contributed by atoms with Crippen LogP contribution in [0.3, 0.4) is 0 Å². The lowest BCUT2D eigenvalue weighted by molar-refractivity contribution is 0.309. The molecule has 3 nitrogen and oxygen atoms in total. The van der Waals surface area contributed by atoms with E-state index in [0.717, 1.165) is 36.4 Å². The van der Waals surface area contributed by atoms with E-state index >= 15 is 0 Å². The maximum Gasteiger partial charge on any atom is 0.160 e. The van der Waals surface area contributed by atoms with Gasteiger partial charge in [-0.25, -0.2) is 0 Å². The summed E-state index contributed by atoms with van der Waals surface area (Å²) in [5, 5.41) is 3.13. The van der Waals surface area contributed by atoms with Crippen LogP contribution in [0.15, 0.2) is 12.4 Å². The average Bonchev–Trinajstić information content (AvgIpc) is 2.18. The van der Waals surface area contributed by atoms with Crippen molar-refractivity contribution >= 4 is 5.69 Å². The number of nitrogens with one attached hydrogen (secondary N) is 1. The van der Waals surface area contributed by atoms with Gasteiger partial charge in [-0.3, -0.25) is 4.98 Å². The Morgan fingerprint density at radius 1 is 1.43 bits per heavy atom. The molecule has 1 aromatic rings. The topological polar surface area (TPSA) is 34.1 Å². The predicted molar refractivity (Wildman–Crippen MR) is 58.9 cm³/mol. The first-order valence-electron chi connectivity index (χ1n) is 5.04. The Hall–Kier alpha value is -1.25. The van der Waals surface area contributed by atoms with Gasteiger partial charge in [-0.15, -0.1) is 0 Å². The Morgan fingerprint density at radius 2 is 2.21 bits per heavy atom. The molecule has 0 aliphatic carbocycles. The van der Waals surface area contributed by atoms with Crippen LogP contribution in [-0.2, 0) is 0 Å². The molecule has 1 N–H and O–H groups in total. The maximum absolute atomic E-state index is 5.62. The smallest absolute Gasteiger partial charge is 0.160 e. The molecule has 78 valence electrons. The van der Waals surface area contributed by atoms with Crippen LogP contribution in [0.5, 0.6) is 5.75 Å². The predicted octanol–water partition coefficient (Wildman–Crippen LogP) is 2.61. The van der Waals surface area contributed by atoms with Crippen molar-refractivity contribution in [3.8, 4) is 5.75 Å². The minimum atomic E-state index is 0.760. The fraction of sp³-hybridized carbons (Fsp3) is 0.545. The molecule has 0 saturated heterocycles. The highest BCUT2D eigenvalue weighted by Gasteiger charge is 2.04. The van der Waals surface area contributed by atoms with E-state index in [-0.39, 0.29) is 0 Å². The third-order valence-corrected chi connectivity index (χ3v) is 2.11. The van der Waals surface area contributed by atoms with Crippen molar-refractivity contribution in [2.75, 3.05) is 19.0 Å². The molecule has 0 spiro atoms. The largest absolute Gasteiger partial charge is 0.490 e. The van der Waals surface area contributed by atoms with Crippen molar-refractivity contribution in [2.45, 2.75) is 26.7 Å². The van der Waals surface area contributed by atoms with Crippen molar-refractivity contribution in [2.24, 2.45) is 0 Å². The third kappa shape index (κ3) is 2.62. The number of nitrogens with zero attached hydrogens (tertiary/aromatic N) is 1. The zero-order chi connectivity index (χ0) is 10.4. The highest BCUT2D eigenvalue weighted by atomic mass is 16.5. The van der Waals surface area contributed by atoms with Gasteiger partial charge in [0.25, 0.3) is 0 Å². The van der Waals surface area contributed by atoms with Crippen molar-refractivity contribution in [3.05, 3.63) is 18.0 Å². The van der Waals surface area contributed by atoms with Gasteiger partial charge in [0.1, 0.15) is 0 Å². The molecule has 0 aliphatic rings. The Kier molecular flexibility index (Phi) is 4.23. The molecule has 14 heavy (non-hydrogen) atoms. The summed E-state index contributed by atoms with van der Waals surface area (Å²) in [5.41, 5.74) is 2.15. The minimum Gasteiger partial charge on any atom is -0.490 e. The van der Waals surface area contributed by atoms with E-state index in [1.807, 2.05) is 20.2 Å². The van der Waals surface area contributed by atoms with E-state index in [1.54, 1.807) is 6.20 Å². The second-order valence-corrected chi connectivity index (χ2v) is 3.28. The van der Waals surface area contributed by atoms with Gasteiger partial charge in [-0.05, 0) is 18.9 Å². The molecule has 0 aromatic carbocycles. The van der Waals surface area contributed by atoms with Crippen LogP contribution in [0.2, 0.25) is 0 Å². The Balaban J connectivity index is 2.70. The molecule has 0 saturated carbocycles. The van der Waals surface area contributed by atoms with Crippen LogP contribution >= 0.6 is 0 Å². The summed E-state index contributed by atoms with van der Waals surface area (Å²) >= 11 is 0. The van der Waals surface area contributed by atoms with Gasteiger partial charge in [-0.1, -0.05) is 13.3 Å². The molecule has 1 heterocycles. The van der Waals surface area contributed by atoms with Crippen LogP contribution in [-0.4, -0.2) is 18.6 Å². The Bertz CT molecular complexity index is 287. The zero-order valence-electron chi connectivity index (χ0n) is 9.13. The summed E-state index contributed by atoms with van der Waals surface area (Å²) in [7, 11) is 1.90. The number of hydrogen-bond donors (Lipinski definition) is 1. The lowest BCUT2D eigenvalue weighted by atomic mass is 10.2. The summed E-state index contributed by atoms with van der Waals surface area (Å²) in [6.07, 6.45) is 5.82. The zero-order valence-corrected chi connectivity index (χ0v) is 9.13. The Morgan fingerprint density at radius 3 is 2.86 bits per heavy atom. The quantitative estimate of drug-likeness (QED) is 0.732. The number of pyridine rings is 1. The standard InChI is InChI=1S/C11H18N2O/c1-4-5-6-14-10-8-13-7-9(2)11(10)12-3/h7-8H,4-6H2,1-3H3,(H,12,13). The number of ether oxygens (including phenoxy) is 1. The molecule has 0 fully saturated rings. The fourth-order valence-corrected chi connectivity index (χ4v) is 1.30. The molecule has 0 unspecified atom stereocenters. The second-order valence-electron chi connectivity index (χ2n) is 3.28. The average molecular weight is 194 g/mol. The molecule has 1 aromatic heterocycles. The lowest BCUT2D eigenvalue weighted by Gasteiger charge is -2.12. The molecule has 1 rings (SSSR count). The SMILES string of the molecule is CCCCOc1cncc(C)c1NC. The molecular formula is C11H18N2O. The molecule has 0 atom stereocenters. The third-order valence-electron chi connectivity index (χ3n) is 2.11. The number of unbranched alkanes of at least 4 members (excludes halogenated alkanes) is 1. The van der Waals surface area contributed by atoms with E-state index in [1.165, 1.54) is 0 Å². The molecule has 0 amide bonds. The van der Waals surface area contributed by atoms with Gasteiger partial charge >= 0.3 is 0 Å². The summed E-state index contributed by atoms with van der Waals surface area (Å²) in [4.78, 5) is 4.11. The van der Waals surface area contributed by atoms with E-state index in [0.29, 0.717) is 0 Å². The highest BCUT2D eigenvalue weighted by molar-refractivity contribution is 5.59. The first kappa shape index (κ1) is 10.8. The van der Waals surface area contributed by atoms with Gasteiger partial charge in [0.05, 0.1) is 18.5 Å². The van der Waals surface area contributed by atoms with Gasteiger partial charge in [0, 0.05) is 13.2 Å². The molecule has 0 radical (unpaired) electrons. The van der Waals surface area contributed by atoms with Gasteiger partial charge in [-0.2, -0.15) is 0 Å². The van der Waals surface area contributed by atoms with Gasteiger partial charge in [0.2, 0.25) is 0 Å². The number of rotatable bonds is 5. The van der Waals surface area contributed by atoms with Crippen molar-refractivity contribution in [3.63, 3.8) is 0 Å². The fourth-order valence-electron chi connectivity index (χ4n) is 1.30. The molecular weight excluding hydrogens is 176 g/mol. The monoisotopic (exact) mass is 194 g/mol. The van der Waals surface area contributed by atoms with E-state index in [4.69, 9.17) is 4.74 Å². The summed E-state index contributed by atoms with van der Waals surface area (Å²) in [5.74, 6) is 0.848. The summed E-state index contributed by atoms with van der Waals surface area (Å²) < 4.78 is 5.62. The molecule has 0 bridgehead atoms. The van der Waals surface area contributed by atoms with Crippen LogP contribution in [0.25, 0.3) is 0 Å². The van der Waals surface area contributed by atoms with E-state index in [2.05, 4.69) is 17.2 Å². The van der Waals surface area contributed by atoms with Crippen LogP contribution < -0.4 is 10.1 Å². The number of aromatic nitrogens is 1. The van der Waals surface area contributed by atoms with Gasteiger partial charge in [0.15, 0.2) is 5.75 Å². The number of aryl methyl sites for hydroxylation is 1.